The highest BCUT2D eigenvalue weighted by Crippen LogP contribution is 2.04. The first-order chi connectivity index (χ1) is 15.6. The number of rotatable bonds is 17. The first-order valence-corrected chi connectivity index (χ1v) is 11.7. The van der Waals surface area contributed by atoms with Crippen LogP contribution in [0.2, 0.25) is 0 Å². The summed E-state index contributed by atoms with van der Waals surface area (Å²) in [5, 5.41) is 17.4. The number of amides is 3. The molecule has 0 radical (unpaired) electrons. The van der Waals surface area contributed by atoms with E-state index in [0.29, 0.717) is 25.9 Å². The quantitative estimate of drug-likeness (QED) is 0.273. The van der Waals surface area contributed by atoms with Crippen molar-refractivity contribution in [2.75, 3.05) is 19.7 Å². The van der Waals surface area contributed by atoms with Crippen LogP contribution in [0.15, 0.2) is 30.3 Å². The molecule has 1 atom stereocenters. The Morgan fingerprint density at radius 3 is 2.28 bits per heavy atom. The van der Waals surface area contributed by atoms with Gasteiger partial charge in [-0.25, -0.2) is 4.79 Å². The standard InChI is InChI=1S/C24H39N3O5/c1-2-3-4-5-6-11-16-25-23(30)21(18-28)27-22(29)15-10-12-17-26-24(31)32-19-20-13-8-7-9-14-20/h7-9,13-14,21,28H,2-6,10-12,15-19H2,1H3,(H,25,30)(H,26,31)(H,27,29). The van der Waals surface area contributed by atoms with E-state index in [9.17, 15) is 19.5 Å². The zero-order valence-electron chi connectivity index (χ0n) is 19.2. The second-order valence-corrected chi connectivity index (χ2v) is 7.81. The lowest BCUT2D eigenvalue weighted by atomic mass is 10.1. The Hall–Kier alpha value is -2.61. The van der Waals surface area contributed by atoms with Crippen LogP contribution in [0.25, 0.3) is 0 Å². The van der Waals surface area contributed by atoms with Crippen LogP contribution in [0, 0.1) is 0 Å². The molecule has 0 heterocycles. The van der Waals surface area contributed by atoms with Crippen LogP contribution in [-0.4, -0.2) is 48.8 Å². The van der Waals surface area contributed by atoms with E-state index in [1.54, 1.807) is 0 Å². The number of hydrogen-bond acceptors (Lipinski definition) is 5. The van der Waals surface area contributed by atoms with Gasteiger partial charge in [0.15, 0.2) is 0 Å². The van der Waals surface area contributed by atoms with Gasteiger partial charge in [-0.15, -0.1) is 0 Å². The number of alkyl carbamates (subject to hydrolysis) is 1. The molecule has 1 unspecified atom stereocenters. The Balaban J connectivity index is 2.08. The highest BCUT2D eigenvalue weighted by Gasteiger charge is 2.19. The van der Waals surface area contributed by atoms with Crippen molar-refractivity contribution in [3.8, 4) is 0 Å². The summed E-state index contributed by atoms with van der Waals surface area (Å²) in [7, 11) is 0. The van der Waals surface area contributed by atoms with Gasteiger partial charge in [0, 0.05) is 19.5 Å². The van der Waals surface area contributed by atoms with Gasteiger partial charge in [0.25, 0.3) is 0 Å². The fourth-order valence-corrected chi connectivity index (χ4v) is 3.08. The van der Waals surface area contributed by atoms with Crippen LogP contribution in [-0.2, 0) is 20.9 Å². The summed E-state index contributed by atoms with van der Waals surface area (Å²) in [6, 6.07) is 8.46. The van der Waals surface area contributed by atoms with E-state index in [1.807, 2.05) is 30.3 Å². The maximum absolute atomic E-state index is 12.1. The minimum Gasteiger partial charge on any atom is -0.445 e. The maximum atomic E-state index is 12.1. The number of carbonyl (C=O) groups excluding carboxylic acids is 3. The number of carbonyl (C=O) groups is 3. The fourth-order valence-electron chi connectivity index (χ4n) is 3.08. The van der Waals surface area contributed by atoms with Crippen molar-refractivity contribution in [2.24, 2.45) is 0 Å². The molecule has 0 saturated carbocycles. The highest BCUT2D eigenvalue weighted by atomic mass is 16.5. The van der Waals surface area contributed by atoms with E-state index >= 15 is 0 Å². The monoisotopic (exact) mass is 449 g/mol. The van der Waals surface area contributed by atoms with Crippen molar-refractivity contribution in [1.29, 1.82) is 0 Å². The Morgan fingerprint density at radius 1 is 0.906 bits per heavy atom. The molecule has 0 aliphatic carbocycles. The molecule has 0 spiro atoms. The lowest BCUT2D eigenvalue weighted by molar-refractivity contribution is -0.130. The molecular weight excluding hydrogens is 410 g/mol. The Morgan fingerprint density at radius 2 is 1.56 bits per heavy atom. The van der Waals surface area contributed by atoms with Crippen molar-refractivity contribution >= 4 is 17.9 Å². The third kappa shape index (κ3) is 13.6. The summed E-state index contributed by atoms with van der Waals surface area (Å²) in [4.78, 5) is 35.8. The number of aliphatic hydroxyl groups is 1. The predicted octanol–water partition coefficient (Wildman–Crippen LogP) is 3.04. The van der Waals surface area contributed by atoms with Crippen LogP contribution < -0.4 is 16.0 Å². The third-order valence-corrected chi connectivity index (χ3v) is 4.98. The number of benzene rings is 1. The van der Waals surface area contributed by atoms with E-state index in [1.165, 1.54) is 19.3 Å². The number of ether oxygens (including phenoxy) is 1. The van der Waals surface area contributed by atoms with Gasteiger partial charge in [-0.05, 0) is 24.8 Å². The summed E-state index contributed by atoms with van der Waals surface area (Å²) in [5.41, 5.74) is 0.911. The summed E-state index contributed by atoms with van der Waals surface area (Å²) in [6.45, 7) is 2.87. The number of aliphatic hydroxyl groups excluding tert-OH is 1. The normalized spacial score (nSPS) is 11.4. The minimum absolute atomic E-state index is 0.207. The molecule has 8 heteroatoms. The molecule has 0 bridgehead atoms. The smallest absolute Gasteiger partial charge is 0.407 e. The van der Waals surface area contributed by atoms with Gasteiger partial charge in [-0.1, -0.05) is 69.4 Å². The van der Waals surface area contributed by atoms with Crippen molar-refractivity contribution in [1.82, 2.24) is 16.0 Å². The van der Waals surface area contributed by atoms with Crippen molar-refractivity contribution in [3.05, 3.63) is 35.9 Å². The SMILES string of the molecule is CCCCCCCCNC(=O)C(CO)NC(=O)CCCCNC(=O)OCc1ccccc1. The van der Waals surface area contributed by atoms with Crippen molar-refractivity contribution in [2.45, 2.75) is 77.4 Å². The summed E-state index contributed by atoms with van der Waals surface area (Å²) in [6.07, 6.45) is 7.61. The molecule has 4 N–H and O–H groups in total. The average Bonchev–Trinajstić information content (AvgIpc) is 2.80. The summed E-state index contributed by atoms with van der Waals surface area (Å²) < 4.78 is 5.11. The van der Waals surface area contributed by atoms with Crippen LogP contribution >= 0.6 is 0 Å². The molecule has 32 heavy (non-hydrogen) atoms. The molecule has 3 amide bonds. The van der Waals surface area contributed by atoms with Gasteiger partial charge < -0.3 is 25.8 Å². The van der Waals surface area contributed by atoms with Crippen LogP contribution in [0.5, 0.6) is 0 Å². The van der Waals surface area contributed by atoms with Crippen molar-refractivity contribution in [3.63, 3.8) is 0 Å². The van der Waals surface area contributed by atoms with E-state index in [4.69, 9.17) is 4.74 Å². The van der Waals surface area contributed by atoms with Gasteiger partial charge >= 0.3 is 6.09 Å². The maximum Gasteiger partial charge on any atom is 0.407 e. The highest BCUT2D eigenvalue weighted by molar-refractivity contribution is 5.87. The molecule has 0 saturated heterocycles. The van der Waals surface area contributed by atoms with Gasteiger partial charge in [-0.3, -0.25) is 9.59 Å². The molecular formula is C24H39N3O5. The molecule has 0 aliphatic rings. The lowest BCUT2D eigenvalue weighted by Crippen LogP contribution is -2.49. The second-order valence-electron chi connectivity index (χ2n) is 7.81. The number of nitrogens with one attached hydrogen (secondary N) is 3. The Kier molecular flexibility index (Phi) is 15.4. The average molecular weight is 450 g/mol. The molecule has 1 aromatic carbocycles. The van der Waals surface area contributed by atoms with E-state index in [0.717, 1.165) is 24.8 Å². The van der Waals surface area contributed by atoms with Crippen molar-refractivity contribution < 1.29 is 24.2 Å². The van der Waals surface area contributed by atoms with E-state index in [-0.39, 0.29) is 24.8 Å². The number of unbranched alkanes of at least 4 members (excludes halogenated alkanes) is 6. The molecule has 0 aromatic heterocycles. The summed E-state index contributed by atoms with van der Waals surface area (Å²) in [5.74, 6) is -0.664. The van der Waals surface area contributed by atoms with Gasteiger partial charge in [0.05, 0.1) is 6.61 Å². The van der Waals surface area contributed by atoms with Gasteiger partial charge in [0.2, 0.25) is 11.8 Å². The first-order valence-electron chi connectivity index (χ1n) is 11.7. The van der Waals surface area contributed by atoms with Gasteiger partial charge in [0.1, 0.15) is 12.6 Å². The second kappa shape index (κ2) is 18.0. The minimum atomic E-state index is -0.936. The van der Waals surface area contributed by atoms with Crippen LogP contribution in [0.4, 0.5) is 4.79 Å². The molecule has 180 valence electrons. The fraction of sp³-hybridized carbons (Fsp3) is 0.625. The molecule has 0 aliphatic heterocycles. The molecule has 1 rings (SSSR count). The topological polar surface area (TPSA) is 117 Å². The Bertz CT molecular complexity index is 654. The zero-order chi connectivity index (χ0) is 23.4. The third-order valence-electron chi connectivity index (χ3n) is 4.98. The summed E-state index contributed by atoms with van der Waals surface area (Å²) >= 11 is 0. The molecule has 1 aromatic rings. The zero-order valence-corrected chi connectivity index (χ0v) is 19.2. The van der Waals surface area contributed by atoms with Crippen LogP contribution in [0.3, 0.4) is 0 Å². The van der Waals surface area contributed by atoms with E-state index in [2.05, 4.69) is 22.9 Å². The first kappa shape index (κ1) is 27.4. The molecule has 0 fully saturated rings. The lowest BCUT2D eigenvalue weighted by Gasteiger charge is -2.16. The van der Waals surface area contributed by atoms with Gasteiger partial charge in [-0.2, -0.15) is 0 Å². The Labute approximate surface area is 191 Å². The van der Waals surface area contributed by atoms with E-state index < -0.39 is 18.7 Å². The van der Waals surface area contributed by atoms with Crippen LogP contribution in [0.1, 0.15) is 70.3 Å². The number of hydrogen-bond donors (Lipinski definition) is 4. The predicted molar refractivity (Wildman–Crippen MR) is 124 cm³/mol. The molecule has 8 nitrogen and oxygen atoms in total. The largest absolute Gasteiger partial charge is 0.445 e.